The summed E-state index contributed by atoms with van der Waals surface area (Å²) in [4.78, 5) is 4.00. The monoisotopic (exact) mass is 285 g/mol. The van der Waals surface area contributed by atoms with Crippen LogP contribution in [-0.2, 0) is 10.0 Å². The van der Waals surface area contributed by atoms with E-state index in [-0.39, 0.29) is 11.6 Å². The molecule has 1 aliphatic rings. The van der Waals surface area contributed by atoms with Gasteiger partial charge in [-0.05, 0) is 31.9 Å². The number of aliphatic hydroxyl groups is 1. The lowest BCUT2D eigenvalue weighted by Gasteiger charge is -2.29. The van der Waals surface area contributed by atoms with Crippen LogP contribution in [-0.4, -0.2) is 48.6 Å². The Morgan fingerprint density at radius 2 is 2.37 bits per heavy atom. The standard InChI is InChI=1S/C12H19N3O3S/c1-2-13-11-6-3-7-14-12(11)19(17,18)15-8-4-5-10(16)9-15/h3,6-7,10,13,16H,2,4-5,8-9H2,1H3. The van der Waals surface area contributed by atoms with E-state index in [2.05, 4.69) is 10.3 Å². The highest BCUT2D eigenvalue weighted by molar-refractivity contribution is 7.89. The molecule has 2 heterocycles. The van der Waals surface area contributed by atoms with E-state index in [0.29, 0.717) is 31.6 Å². The number of rotatable bonds is 4. The molecule has 0 aliphatic carbocycles. The fourth-order valence-electron chi connectivity index (χ4n) is 2.18. The zero-order valence-corrected chi connectivity index (χ0v) is 11.7. The number of hydrogen-bond acceptors (Lipinski definition) is 5. The minimum Gasteiger partial charge on any atom is -0.392 e. The maximum atomic E-state index is 12.5. The Kier molecular flexibility index (Phi) is 4.38. The summed E-state index contributed by atoms with van der Waals surface area (Å²) in [5.74, 6) is 0. The van der Waals surface area contributed by atoms with E-state index in [1.165, 1.54) is 10.5 Å². The van der Waals surface area contributed by atoms with Gasteiger partial charge in [-0.3, -0.25) is 0 Å². The van der Waals surface area contributed by atoms with Crippen LogP contribution in [0.15, 0.2) is 23.4 Å². The Morgan fingerprint density at radius 1 is 1.58 bits per heavy atom. The first kappa shape index (κ1) is 14.2. The van der Waals surface area contributed by atoms with E-state index >= 15 is 0 Å². The number of anilines is 1. The number of piperidine rings is 1. The van der Waals surface area contributed by atoms with E-state index in [4.69, 9.17) is 0 Å². The molecule has 1 unspecified atom stereocenters. The van der Waals surface area contributed by atoms with Crippen molar-refractivity contribution in [2.45, 2.75) is 30.9 Å². The summed E-state index contributed by atoms with van der Waals surface area (Å²) >= 11 is 0. The van der Waals surface area contributed by atoms with Gasteiger partial charge in [0.25, 0.3) is 10.0 Å². The third kappa shape index (κ3) is 3.05. The van der Waals surface area contributed by atoms with Crippen LogP contribution in [0.3, 0.4) is 0 Å². The van der Waals surface area contributed by atoms with Crippen molar-refractivity contribution in [1.29, 1.82) is 0 Å². The van der Waals surface area contributed by atoms with Crippen molar-refractivity contribution in [2.24, 2.45) is 0 Å². The summed E-state index contributed by atoms with van der Waals surface area (Å²) in [6, 6.07) is 3.39. The van der Waals surface area contributed by atoms with Gasteiger partial charge in [-0.1, -0.05) is 0 Å². The van der Waals surface area contributed by atoms with Gasteiger partial charge in [0.1, 0.15) is 0 Å². The first-order valence-corrected chi connectivity index (χ1v) is 7.87. The summed E-state index contributed by atoms with van der Waals surface area (Å²) in [6.07, 6.45) is 2.20. The number of hydrogen-bond donors (Lipinski definition) is 2. The molecule has 0 bridgehead atoms. The fraction of sp³-hybridized carbons (Fsp3) is 0.583. The average molecular weight is 285 g/mol. The van der Waals surface area contributed by atoms with Crippen molar-refractivity contribution in [3.63, 3.8) is 0 Å². The van der Waals surface area contributed by atoms with Crippen LogP contribution in [0.4, 0.5) is 5.69 Å². The third-order valence-corrected chi connectivity index (χ3v) is 4.91. The highest BCUT2D eigenvalue weighted by atomic mass is 32.2. The van der Waals surface area contributed by atoms with E-state index in [9.17, 15) is 13.5 Å². The van der Waals surface area contributed by atoms with Crippen LogP contribution in [0.5, 0.6) is 0 Å². The lowest BCUT2D eigenvalue weighted by molar-refractivity contribution is 0.108. The Hall–Kier alpha value is -1.18. The van der Waals surface area contributed by atoms with Crippen LogP contribution < -0.4 is 5.32 Å². The highest BCUT2D eigenvalue weighted by Crippen LogP contribution is 2.24. The molecule has 7 heteroatoms. The third-order valence-electron chi connectivity index (χ3n) is 3.08. The van der Waals surface area contributed by atoms with Crippen LogP contribution in [0, 0.1) is 0 Å². The van der Waals surface area contributed by atoms with Crippen molar-refractivity contribution < 1.29 is 13.5 Å². The average Bonchev–Trinajstić information content (AvgIpc) is 2.39. The molecular formula is C12H19N3O3S. The van der Waals surface area contributed by atoms with E-state index in [1.807, 2.05) is 6.92 Å². The molecule has 1 aromatic heterocycles. The van der Waals surface area contributed by atoms with Crippen molar-refractivity contribution in [2.75, 3.05) is 25.0 Å². The molecule has 1 saturated heterocycles. The molecule has 2 N–H and O–H groups in total. The van der Waals surface area contributed by atoms with Crippen LogP contribution in [0.1, 0.15) is 19.8 Å². The molecule has 19 heavy (non-hydrogen) atoms. The lowest BCUT2D eigenvalue weighted by atomic mass is 10.1. The Morgan fingerprint density at radius 3 is 3.05 bits per heavy atom. The number of pyridine rings is 1. The molecule has 1 aromatic rings. The maximum Gasteiger partial charge on any atom is 0.262 e. The number of β-amino-alcohol motifs (C(OH)–C–C–N with tert-alkyl or cyclic N) is 1. The van der Waals surface area contributed by atoms with Gasteiger partial charge in [-0.2, -0.15) is 4.31 Å². The van der Waals surface area contributed by atoms with Gasteiger partial charge < -0.3 is 10.4 Å². The molecule has 0 saturated carbocycles. The summed E-state index contributed by atoms with van der Waals surface area (Å²) < 4.78 is 26.4. The molecule has 1 aliphatic heterocycles. The number of nitrogens with zero attached hydrogens (tertiary/aromatic N) is 2. The smallest absolute Gasteiger partial charge is 0.262 e. The van der Waals surface area contributed by atoms with Gasteiger partial charge >= 0.3 is 0 Å². The van der Waals surface area contributed by atoms with Gasteiger partial charge in [-0.15, -0.1) is 0 Å². The number of sulfonamides is 1. The Labute approximate surface area is 113 Å². The predicted molar refractivity (Wildman–Crippen MR) is 72.4 cm³/mol. The topological polar surface area (TPSA) is 82.5 Å². The van der Waals surface area contributed by atoms with Crippen LogP contribution in [0.25, 0.3) is 0 Å². The van der Waals surface area contributed by atoms with Crippen molar-refractivity contribution >= 4 is 15.7 Å². The molecule has 1 atom stereocenters. The summed E-state index contributed by atoms with van der Waals surface area (Å²) in [5, 5.41) is 12.7. The van der Waals surface area contributed by atoms with Gasteiger partial charge in [0.2, 0.25) is 0 Å². The summed E-state index contributed by atoms with van der Waals surface area (Å²) in [7, 11) is -3.65. The SMILES string of the molecule is CCNc1cccnc1S(=O)(=O)N1CCCC(O)C1. The first-order chi connectivity index (χ1) is 9.05. The number of aliphatic hydroxyl groups excluding tert-OH is 1. The first-order valence-electron chi connectivity index (χ1n) is 6.42. The summed E-state index contributed by atoms with van der Waals surface area (Å²) in [5.41, 5.74) is 0.505. The van der Waals surface area contributed by atoms with Crippen molar-refractivity contribution in [1.82, 2.24) is 9.29 Å². The van der Waals surface area contributed by atoms with E-state index in [0.717, 1.165) is 0 Å². The maximum absolute atomic E-state index is 12.5. The highest BCUT2D eigenvalue weighted by Gasteiger charge is 2.32. The van der Waals surface area contributed by atoms with E-state index < -0.39 is 16.1 Å². The molecule has 1 fully saturated rings. The van der Waals surface area contributed by atoms with Crippen LogP contribution in [0.2, 0.25) is 0 Å². The number of aromatic nitrogens is 1. The fourth-order valence-corrected chi connectivity index (χ4v) is 3.78. The second-order valence-corrected chi connectivity index (χ2v) is 6.40. The number of nitrogens with one attached hydrogen (secondary N) is 1. The molecule has 106 valence electrons. The normalized spacial score (nSPS) is 21.3. The molecule has 0 spiro atoms. The molecule has 0 aromatic carbocycles. The van der Waals surface area contributed by atoms with Crippen LogP contribution >= 0.6 is 0 Å². The molecule has 2 rings (SSSR count). The minimum absolute atomic E-state index is 0.0333. The molecular weight excluding hydrogens is 266 g/mol. The van der Waals surface area contributed by atoms with Gasteiger partial charge in [0, 0.05) is 25.8 Å². The zero-order chi connectivity index (χ0) is 13.9. The second-order valence-electron chi connectivity index (χ2n) is 4.55. The predicted octanol–water partition coefficient (Wildman–Crippen LogP) is 0.659. The largest absolute Gasteiger partial charge is 0.392 e. The van der Waals surface area contributed by atoms with Crippen molar-refractivity contribution in [3.05, 3.63) is 18.3 Å². The molecule has 0 radical (unpaired) electrons. The summed E-state index contributed by atoms with van der Waals surface area (Å²) in [6.45, 7) is 3.09. The molecule has 0 amide bonds. The Balaban J connectivity index is 2.33. The van der Waals surface area contributed by atoms with E-state index in [1.54, 1.807) is 12.1 Å². The minimum atomic E-state index is -3.65. The van der Waals surface area contributed by atoms with Gasteiger partial charge in [0.15, 0.2) is 5.03 Å². The van der Waals surface area contributed by atoms with Crippen molar-refractivity contribution in [3.8, 4) is 0 Å². The Bertz CT molecular complexity index is 533. The van der Waals surface area contributed by atoms with Gasteiger partial charge in [0.05, 0.1) is 11.8 Å². The van der Waals surface area contributed by atoms with Gasteiger partial charge in [-0.25, -0.2) is 13.4 Å². The quantitative estimate of drug-likeness (QED) is 0.849. The lowest BCUT2D eigenvalue weighted by Crippen LogP contribution is -2.42. The second kappa shape index (κ2) is 5.85. The molecule has 6 nitrogen and oxygen atoms in total. The zero-order valence-electron chi connectivity index (χ0n) is 10.9.